The van der Waals surface area contributed by atoms with E-state index in [0.29, 0.717) is 28.4 Å². The molecule has 4 nitrogen and oxygen atoms in total. The van der Waals surface area contributed by atoms with Crippen molar-refractivity contribution >= 4 is 34.3 Å². The summed E-state index contributed by atoms with van der Waals surface area (Å²) in [6, 6.07) is 20.7. The zero-order valence-electron chi connectivity index (χ0n) is 14.7. The van der Waals surface area contributed by atoms with Crippen LogP contribution in [0.1, 0.15) is 11.1 Å². The molecule has 1 N–H and O–H groups in total. The molecule has 0 unspecified atom stereocenters. The van der Waals surface area contributed by atoms with Crippen LogP contribution in [0.25, 0.3) is 22.6 Å². The predicted octanol–water partition coefficient (Wildman–Crippen LogP) is 5.64. The third-order valence-corrected chi connectivity index (χ3v) is 4.63. The number of anilines is 1. The minimum absolute atomic E-state index is 0.0641. The molecule has 1 heterocycles. The van der Waals surface area contributed by atoms with Crippen molar-refractivity contribution in [3.8, 4) is 11.5 Å². The van der Waals surface area contributed by atoms with E-state index in [1.54, 1.807) is 18.2 Å². The first-order chi connectivity index (χ1) is 13.1. The smallest absolute Gasteiger partial charge is 0.228 e. The molecule has 0 saturated heterocycles. The molecule has 4 aromatic rings. The van der Waals surface area contributed by atoms with Crippen LogP contribution in [-0.4, -0.2) is 10.9 Å². The first kappa shape index (κ1) is 17.3. The number of halogens is 1. The maximum atomic E-state index is 12.4. The summed E-state index contributed by atoms with van der Waals surface area (Å²) in [7, 11) is 0. The van der Waals surface area contributed by atoms with E-state index in [4.69, 9.17) is 16.0 Å². The molecule has 134 valence electrons. The number of nitrogens with zero attached hydrogens (tertiary/aromatic N) is 1. The molecule has 0 spiro atoms. The lowest BCUT2D eigenvalue weighted by Gasteiger charge is -2.11. The molecule has 0 aliphatic carbocycles. The van der Waals surface area contributed by atoms with Gasteiger partial charge < -0.3 is 9.73 Å². The molecule has 27 heavy (non-hydrogen) atoms. The Balaban J connectivity index is 1.61. The summed E-state index contributed by atoms with van der Waals surface area (Å²) >= 11 is 6.03. The average molecular weight is 377 g/mol. The topological polar surface area (TPSA) is 55.1 Å². The SMILES string of the molecule is Cc1c(NC(=O)Cc2ccccc2)cccc1-c1nc2cc(Cl)ccc2o1. The van der Waals surface area contributed by atoms with Gasteiger partial charge in [-0.2, -0.15) is 0 Å². The highest BCUT2D eigenvalue weighted by Crippen LogP contribution is 2.31. The lowest BCUT2D eigenvalue weighted by Crippen LogP contribution is -2.15. The molecule has 4 rings (SSSR count). The van der Waals surface area contributed by atoms with E-state index in [-0.39, 0.29) is 5.91 Å². The molecule has 0 atom stereocenters. The first-order valence-corrected chi connectivity index (χ1v) is 8.98. The van der Waals surface area contributed by atoms with Gasteiger partial charge in [-0.15, -0.1) is 0 Å². The standard InChI is InChI=1S/C22H17ClN2O2/c1-14-17(22-25-19-13-16(23)10-11-20(19)27-22)8-5-9-18(14)24-21(26)12-15-6-3-2-4-7-15/h2-11,13H,12H2,1H3,(H,24,26). The number of aromatic nitrogens is 1. The molecule has 0 saturated carbocycles. The van der Waals surface area contributed by atoms with Crippen molar-refractivity contribution in [1.82, 2.24) is 4.98 Å². The zero-order chi connectivity index (χ0) is 18.8. The van der Waals surface area contributed by atoms with Crippen LogP contribution < -0.4 is 5.32 Å². The van der Waals surface area contributed by atoms with Crippen molar-refractivity contribution in [2.75, 3.05) is 5.32 Å². The van der Waals surface area contributed by atoms with Crippen LogP contribution in [0.4, 0.5) is 5.69 Å². The van der Waals surface area contributed by atoms with Crippen molar-refractivity contribution in [3.63, 3.8) is 0 Å². The normalized spacial score (nSPS) is 10.9. The van der Waals surface area contributed by atoms with Crippen LogP contribution in [0.5, 0.6) is 0 Å². The second-order valence-corrected chi connectivity index (χ2v) is 6.76. The highest BCUT2D eigenvalue weighted by molar-refractivity contribution is 6.31. The van der Waals surface area contributed by atoms with Gasteiger partial charge in [0.1, 0.15) is 5.52 Å². The number of carbonyl (C=O) groups is 1. The fourth-order valence-corrected chi connectivity index (χ4v) is 3.16. The Labute approximate surface area is 161 Å². The average Bonchev–Trinajstić information content (AvgIpc) is 3.07. The predicted molar refractivity (Wildman–Crippen MR) is 108 cm³/mol. The van der Waals surface area contributed by atoms with E-state index in [9.17, 15) is 4.79 Å². The monoisotopic (exact) mass is 376 g/mol. The van der Waals surface area contributed by atoms with Crippen LogP contribution in [0, 0.1) is 6.92 Å². The maximum absolute atomic E-state index is 12.4. The lowest BCUT2D eigenvalue weighted by molar-refractivity contribution is -0.115. The van der Waals surface area contributed by atoms with Crippen LogP contribution in [0.2, 0.25) is 5.02 Å². The molecule has 0 aliphatic heterocycles. The van der Waals surface area contributed by atoms with Gasteiger partial charge in [0.25, 0.3) is 0 Å². The quantitative estimate of drug-likeness (QED) is 0.501. The Morgan fingerprint density at radius 3 is 2.70 bits per heavy atom. The van der Waals surface area contributed by atoms with E-state index in [1.165, 1.54) is 0 Å². The van der Waals surface area contributed by atoms with Gasteiger partial charge in [0.15, 0.2) is 5.58 Å². The molecular formula is C22H17ClN2O2. The zero-order valence-corrected chi connectivity index (χ0v) is 15.5. The number of rotatable bonds is 4. The van der Waals surface area contributed by atoms with Gasteiger partial charge in [-0.05, 0) is 48.4 Å². The number of oxazole rings is 1. The van der Waals surface area contributed by atoms with Gasteiger partial charge in [-0.1, -0.05) is 48.0 Å². The fourth-order valence-electron chi connectivity index (χ4n) is 2.99. The third-order valence-electron chi connectivity index (χ3n) is 4.40. The summed E-state index contributed by atoms with van der Waals surface area (Å²) in [6.07, 6.45) is 0.325. The molecular weight excluding hydrogens is 360 g/mol. The number of hydrogen-bond acceptors (Lipinski definition) is 3. The Hall–Kier alpha value is -3.11. The summed E-state index contributed by atoms with van der Waals surface area (Å²) in [4.78, 5) is 16.9. The summed E-state index contributed by atoms with van der Waals surface area (Å²) in [5.74, 6) is 0.440. The van der Waals surface area contributed by atoms with Gasteiger partial charge in [-0.25, -0.2) is 4.98 Å². The number of carbonyl (C=O) groups excluding carboxylic acids is 1. The molecule has 0 aliphatic rings. The third kappa shape index (κ3) is 3.71. The Morgan fingerprint density at radius 1 is 1.07 bits per heavy atom. The van der Waals surface area contributed by atoms with Gasteiger partial charge in [0, 0.05) is 16.3 Å². The number of nitrogens with one attached hydrogen (secondary N) is 1. The second kappa shape index (κ2) is 7.25. The minimum Gasteiger partial charge on any atom is -0.436 e. The van der Waals surface area contributed by atoms with Crippen molar-refractivity contribution in [1.29, 1.82) is 0 Å². The van der Waals surface area contributed by atoms with Crippen molar-refractivity contribution in [2.45, 2.75) is 13.3 Å². The molecule has 1 aromatic heterocycles. The van der Waals surface area contributed by atoms with Crippen LogP contribution >= 0.6 is 11.6 Å². The summed E-state index contributed by atoms with van der Waals surface area (Å²) in [5, 5.41) is 3.59. The molecule has 0 radical (unpaired) electrons. The van der Waals surface area contributed by atoms with E-state index in [1.807, 2.05) is 55.5 Å². The van der Waals surface area contributed by atoms with E-state index < -0.39 is 0 Å². The highest BCUT2D eigenvalue weighted by atomic mass is 35.5. The Kier molecular flexibility index (Phi) is 4.65. The number of benzene rings is 3. The van der Waals surface area contributed by atoms with Crippen molar-refractivity contribution < 1.29 is 9.21 Å². The van der Waals surface area contributed by atoms with Gasteiger partial charge in [-0.3, -0.25) is 4.79 Å². The van der Waals surface area contributed by atoms with Crippen molar-refractivity contribution in [3.05, 3.63) is 82.9 Å². The van der Waals surface area contributed by atoms with E-state index in [0.717, 1.165) is 22.4 Å². The van der Waals surface area contributed by atoms with E-state index >= 15 is 0 Å². The maximum Gasteiger partial charge on any atom is 0.228 e. The summed E-state index contributed by atoms with van der Waals surface area (Å²) < 4.78 is 5.86. The number of hydrogen-bond donors (Lipinski definition) is 1. The minimum atomic E-state index is -0.0641. The highest BCUT2D eigenvalue weighted by Gasteiger charge is 2.14. The molecule has 1 amide bonds. The Bertz CT molecular complexity index is 1120. The molecule has 0 bridgehead atoms. The molecule has 5 heteroatoms. The molecule has 3 aromatic carbocycles. The number of fused-ring (bicyclic) bond motifs is 1. The van der Waals surface area contributed by atoms with Gasteiger partial charge in [0.05, 0.1) is 6.42 Å². The van der Waals surface area contributed by atoms with Crippen LogP contribution in [0.3, 0.4) is 0 Å². The van der Waals surface area contributed by atoms with Crippen molar-refractivity contribution in [2.24, 2.45) is 0 Å². The number of amides is 1. The Morgan fingerprint density at radius 2 is 1.89 bits per heavy atom. The lowest BCUT2D eigenvalue weighted by atomic mass is 10.1. The van der Waals surface area contributed by atoms with Crippen LogP contribution in [0.15, 0.2) is 71.1 Å². The van der Waals surface area contributed by atoms with Gasteiger partial charge >= 0.3 is 0 Å². The fraction of sp³-hybridized carbons (Fsp3) is 0.0909. The van der Waals surface area contributed by atoms with Crippen LogP contribution in [-0.2, 0) is 11.2 Å². The summed E-state index contributed by atoms with van der Waals surface area (Å²) in [5.41, 5.74) is 4.83. The second-order valence-electron chi connectivity index (χ2n) is 6.32. The first-order valence-electron chi connectivity index (χ1n) is 8.60. The largest absolute Gasteiger partial charge is 0.436 e. The van der Waals surface area contributed by atoms with E-state index in [2.05, 4.69) is 10.3 Å². The summed E-state index contributed by atoms with van der Waals surface area (Å²) in [6.45, 7) is 1.94. The van der Waals surface area contributed by atoms with Gasteiger partial charge in [0.2, 0.25) is 11.8 Å². The molecule has 0 fully saturated rings.